The van der Waals surface area contributed by atoms with Crippen LogP contribution in [-0.4, -0.2) is 23.9 Å². The highest BCUT2D eigenvalue weighted by Crippen LogP contribution is 2.28. The summed E-state index contributed by atoms with van der Waals surface area (Å²) in [5, 5.41) is 13.4. The largest absolute Gasteiger partial charge is 0.489 e. The molecule has 1 aromatic carbocycles. The number of aliphatic hydroxyl groups is 1. The van der Waals surface area contributed by atoms with Crippen LogP contribution >= 0.6 is 11.6 Å². The Morgan fingerprint density at radius 1 is 1.39 bits per heavy atom. The third-order valence-electron chi connectivity index (χ3n) is 2.64. The summed E-state index contributed by atoms with van der Waals surface area (Å²) in [6, 6.07) is 6.09. The van der Waals surface area contributed by atoms with Gasteiger partial charge in [-0.2, -0.15) is 0 Å². The molecule has 3 nitrogen and oxygen atoms in total. The van der Waals surface area contributed by atoms with Gasteiger partial charge in [0, 0.05) is 18.2 Å². The van der Waals surface area contributed by atoms with E-state index in [-0.39, 0.29) is 6.61 Å². The average molecular weight is 272 g/mol. The van der Waals surface area contributed by atoms with E-state index in [1.165, 1.54) is 0 Å². The molecule has 0 aliphatic carbocycles. The third kappa shape index (κ3) is 4.84. The van der Waals surface area contributed by atoms with Gasteiger partial charge in [-0.15, -0.1) is 0 Å². The third-order valence-corrected chi connectivity index (χ3v) is 2.94. The Morgan fingerprint density at radius 3 is 2.72 bits per heavy atom. The minimum atomic E-state index is -0.452. The van der Waals surface area contributed by atoms with E-state index in [9.17, 15) is 5.11 Å². The van der Waals surface area contributed by atoms with E-state index in [1.54, 1.807) is 6.07 Å². The Kier molecular flexibility index (Phi) is 6.47. The summed E-state index contributed by atoms with van der Waals surface area (Å²) in [7, 11) is 0. The predicted molar refractivity (Wildman–Crippen MR) is 75.2 cm³/mol. The number of halogens is 1. The zero-order valence-corrected chi connectivity index (χ0v) is 12.0. The van der Waals surface area contributed by atoms with Gasteiger partial charge in [0.15, 0.2) is 0 Å². The van der Waals surface area contributed by atoms with Crippen LogP contribution in [0, 0.1) is 0 Å². The Labute approximate surface area is 114 Å². The first-order valence-corrected chi connectivity index (χ1v) is 6.74. The molecule has 1 atom stereocenters. The monoisotopic (exact) mass is 271 g/mol. The number of hydrogen-bond acceptors (Lipinski definition) is 3. The van der Waals surface area contributed by atoms with Crippen molar-refractivity contribution in [1.29, 1.82) is 0 Å². The lowest BCUT2D eigenvalue weighted by Crippen LogP contribution is -2.23. The van der Waals surface area contributed by atoms with Crippen LogP contribution in [0.4, 0.5) is 0 Å². The molecule has 0 fully saturated rings. The van der Waals surface area contributed by atoms with Crippen LogP contribution in [0.3, 0.4) is 0 Å². The molecule has 0 saturated carbocycles. The van der Waals surface area contributed by atoms with E-state index < -0.39 is 6.10 Å². The van der Waals surface area contributed by atoms with Crippen LogP contribution in [-0.2, 0) is 6.54 Å². The first kappa shape index (κ1) is 15.3. The molecule has 102 valence electrons. The van der Waals surface area contributed by atoms with Gasteiger partial charge in [0.1, 0.15) is 12.4 Å². The normalized spacial score (nSPS) is 12.8. The summed E-state index contributed by atoms with van der Waals surface area (Å²) in [5.74, 6) is 0.666. The van der Waals surface area contributed by atoms with E-state index in [0.717, 1.165) is 5.56 Å². The molecule has 0 aliphatic rings. The van der Waals surface area contributed by atoms with Gasteiger partial charge >= 0.3 is 0 Å². The summed E-state index contributed by atoms with van der Waals surface area (Å²) >= 11 is 6.14. The first-order chi connectivity index (χ1) is 8.54. The fourth-order valence-electron chi connectivity index (χ4n) is 1.47. The zero-order valence-electron chi connectivity index (χ0n) is 11.2. The van der Waals surface area contributed by atoms with Gasteiger partial charge in [-0.3, -0.25) is 0 Å². The highest BCUT2D eigenvalue weighted by Gasteiger charge is 2.10. The number of rotatable bonds is 7. The van der Waals surface area contributed by atoms with Crippen LogP contribution < -0.4 is 10.1 Å². The number of ether oxygens (including phenoxy) is 1. The lowest BCUT2D eigenvalue weighted by atomic mass is 10.2. The molecular weight excluding hydrogens is 250 g/mol. The maximum absolute atomic E-state index is 9.54. The molecule has 0 spiro atoms. The first-order valence-electron chi connectivity index (χ1n) is 6.36. The minimum Gasteiger partial charge on any atom is -0.489 e. The molecule has 18 heavy (non-hydrogen) atoms. The molecule has 2 N–H and O–H groups in total. The van der Waals surface area contributed by atoms with Gasteiger partial charge in [-0.25, -0.2) is 0 Å². The fourth-order valence-corrected chi connectivity index (χ4v) is 1.71. The summed E-state index contributed by atoms with van der Waals surface area (Å²) in [6.07, 6.45) is 0.219. The summed E-state index contributed by atoms with van der Waals surface area (Å²) in [4.78, 5) is 0. The molecule has 0 heterocycles. The summed E-state index contributed by atoms with van der Waals surface area (Å²) in [6.45, 7) is 7.07. The van der Waals surface area contributed by atoms with Crippen LogP contribution in [0.2, 0.25) is 5.02 Å². The number of aliphatic hydroxyl groups excluding tert-OH is 1. The van der Waals surface area contributed by atoms with Crippen molar-refractivity contribution >= 4 is 11.6 Å². The van der Waals surface area contributed by atoms with Gasteiger partial charge in [0.25, 0.3) is 0 Å². The molecule has 0 saturated heterocycles. The maximum atomic E-state index is 9.54. The van der Waals surface area contributed by atoms with Gasteiger partial charge in [-0.05, 0) is 12.5 Å². The molecule has 1 aromatic rings. The van der Waals surface area contributed by atoms with Crippen molar-refractivity contribution in [2.24, 2.45) is 0 Å². The Balaban J connectivity index is 2.73. The van der Waals surface area contributed by atoms with E-state index in [2.05, 4.69) is 19.2 Å². The van der Waals surface area contributed by atoms with Crippen LogP contribution in [0.1, 0.15) is 32.8 Å². The standard InChI is InChI=1S/C14H22ClNO2/c1-4-12(17)9-18-14-11(8-16-10(2)3)6-5-7-13(14)15/h5-7,10,12,16-17H,4,8-9H2,1-3H3. The zero-order chi connectivity index (χ0) is 13.5. The second-order valence-corrected chi connectivity index (χ2v) is 5.04. The van der Waals surface area contributed by atoms with Crippen molar-refractivity contribution < 1.29 is 9.84 Å². The van der Waals surface area contributed by atoms with E-state index in [0.29, 0.717) is 29.8 Å². The van der Waals surface area contributed by atoms with Crippen LogP contribution in [0.25, 0.3) is 0 Å². The molecule has 0 aliphatic heterocycles. The van der Waals surface area contributed by atoms with Crippen molar-refractivity contribution in [3.05, 3.63) is 28.8 Å². The Hall–Kier alpha value is -0.770. The SMILES string of the molecule is CCC(O)COc1c(Cl)cccc1CNC(C)C. The van der Waals surface area contributed by atoms with E-state index >= 15 is 0 Å². The number of para-hydroxylation sites is 1. The van der Waals surface area contributed by atoms with Crippen LogP contribution in [0.5, 0.6) is 5.75 Å². The Bertz CT molecular complexity index is 369. The van der Waals surface area contributed by atoms with Crippen molar-refractivity contribution in [2.75, 3.05) is 6.61 Å². The molecule has 4 heteroatoms. The summed E-state index contributed by atoms with van der Waals surface area (Å²) < 4.78 is 5.63. The Morgan fingerprint density at radius 2 is 2.11 bits per heavy atom. The molecule has 0 radical (unpaired) electrons. The number of hydrogen-bond donors (Lipinski definition) is 2. The fraction of sp³-hybridized carbons (Fsp3) is 0.571. The second kappa shape index (κ2) is 7.62. The quantitative estimate of drug-likeness (QED) is 0.801. The lowest BCUT2D eigenvalue weighted by Gasteiger charge is -2.16. The molecule has 0 bridgehead atoms. The van der Waals surface area contributed by atoms with Crippen molar-refractivity contribution in [2.45, 2.75) is 45.9 Å². The van der Waals surface area contributed by atoms with Gasteiger partial charge < -0.3 is 15.2 Å². The lowest BCUT2D eigenvalue weighted by molar-refractivity contribution is 0.104. The molecule has 0 aromatic heterocycles. The molecule has 1 rings (SSSR count). The van der Waals surface area contributed by atoms with Crippen molar-refractivity contribution in [3.8, 4) is 5.75 Å². The molecule has 1 unspecified atom stereocenters. The number of nitrogens with one attached hydrogen (secondary N) is 1. The van der Waals surface area contributed by atoms with Gasteiger partial charge in [-0.1, -0.05) is 44.5 Å². The number of benzene rings is 1. The van der Waals surface area contributed by atoms with Gasteiger partial charge in [0.05, 0.1) is 11.1 Å². The highest BCUT2D eigenvalue weighted by atomic mass is 35.5. The van der Waals surface area contributed by atoms with Gasteiger partial charge in [0.2, 0.25) is 0 Å². The second-order valence-electron chi connectivity index (χ2n) is 4.64. The summed E-state index contributed by atoms with van der Waals surface area (Å²) in [5.41, 5.74) is 1.01. The minimum absolute atomic E-state index is 0.273. The molecule has 0 amide bonds. The van der Waals surface area contributed by atoms with Crippen LogP contribution in [0.15, 0.2) is 18.2 Å². The maximum Gasteiger partial charge on any atom is 0.142 e. The van der Waals surface area contributed by atoms with E-state index in [1.807, 2.05) is 19.1 Å². The topological polar surface area (TPSA) is 41.5 Å². The highest BCUT2D eigenvalue weighted by molar-refractivity contribution is 6.32. The molecular formula is C14H22ClNO2. The predicted octanol–water partition coefficient (Wildman–Crippen LogP) is 2.99. The van der Waals surface area contributed by atoms with Crippen molar-refractivity contribution in [3.63, 3.8) is 0 Å². The smallest absolute Gasteiger partial charge is 0.142 e. The van der Waals surface area contributed by atoms with Crippen molar-refractivity contribution in [1.82, 2.24) is 5.32 Å². The average Bonchev–Trinajstić information content (AvgIpc) is 2.34. The van der Waals surface area contributed by atoms with E-state index in [4.69, 9.17) is 16.3 Å².